The van der Waals surface area contributed by atoms with Crippen LogP contribution >= 0.6 is 0 Å². The second-order valence-electron chi connectivity index (χ2n) is 8.93. The van der Waals surface area contributed by atoms with Crippen LogP contribution in [-0.2, 0) is 6.54 Å². The number of nitrogens with zero attached hydrogens (tertiary/aromatic N) is 5. The number of piperazine rings is 1. The van der Waals surface area contributed by atoms with Gasteiger partial charge in [0.05, 0.1) is 18.2 Å². The van der Waals surface area contributed by atoms with Crippen LogP contribution in [-0.4, -0.2) is 52.7 Å². The van der Waals surface area contributed by atoms with Crippen molar-refractivity contribution in [1.29, 1.82) is 5.26 Å². The molecule has 3 aromatic rings. The summed E-state index contributed by atoms with van der Waals surface area (Å²) in [6.07, 6.45) is 3.52. The molecule has 6 nitrogen and oxygen atoms in total. The Balaban J connectivity index is 1.20. The van der Waals surface area contributed by atoms with Gasteiger partial charge in [0.25, 0.3) is 5.89 Å². The highest BCUT2D eigenvalue weighted by Crippen LogP contribution is 2.27. The van der Waals surface area contributed by atoms with E-state index in [1.165, 1.54) is 18.4 Å². The fraction of sp³-hybridized carbons (Fsp3) is 0.444. The van der Waals surface area contributed by atoms with Gasteiger partial charge in [-0.1, -0.05) is 42.4 Å². The molecular weight excluding hydrogens is 410 g/mol. The summed E-state index contributed by atoms with van der Waals surface area (Å²) in [5, 5.41) is 13.3. The van der Waals surface area contributed by atoms with E-state index < -0.39 is 0 Å². The Labute approximate surface area is 196 Å². The Morgan fingerprint density at radius 2 is 1.82 bits per heavy atom. The minimum absolute atomic E-state index is 0.565. The SMILES string of the molecule is CCC(CCCN1CCN(Cc2noc(-c3ccccc3)n2)CC1)c1ccc(C#N)c(C)c1. The molecule has 0 radical (unpaired) electrons. The van der Waals surface area contributed by atoms with Crippen LogP contribution in [0.1, 0.15) is 54.6 Å². The smallest absolute Gasteiger partial charge is 0.257 e. The molecule has 0 amide bonds. The van der Waals surface area contributed by atoms with Gasteiger partial charge in [-0.25, -0.2) is 0 Å². The van der Waals surface area contributed by atoms with Crippen molar-refractivity contribution >= 4 is 0 Å². The van der Waals surface area contributed by atoms with Gasteiger partial charge in [-0.3, -0.25) is 4.90 Å². The molecule has 1 atom stereocenters. The van der Waals surface area contributed by atoms with Gasteiger partial charge in [0.2, 0.25) is 0 Å². The molecule has 2 aromatic carbocycles. The summed E-state index contributed by atoms with van der Waals surface area (Å²) in [6.45, 7) is 10.4. The molecule has 1 unspecified atom stereocenters. The summed E-state index contributed by atoms with van der Waals surface area (Å²) in [5.74, 6) is 1.91. The van der Waals surface area contributed by atoms with Gasteiger partial charge in [-0.15, -0.1) is 0 Å². The summed E-state index contributed by atoms with van der Waals surface area (Å²) in [5.41, 5.74) is 4.20. The maximum absolute atomic E-state index is 9.17. The number of aryl methyl sites for hydroxylation is 1. The summed E-state index contributed by atoms with van der Waals surface area (Å²) < 4.78 is 5.44. The topological polar surface area (TPSA) is 69.2 Å². The van der Waals surface area contributed by atoms with E-state index in [0.29, 0.717) is 11.8 Å². The van der Waals surface area contributed by atoms with Crippen LogP contribution in [0.2, 0.25) is 0 Å². The lowest BCUT2D eigenvalue weighted by Crippen LogP contribution is -2.46. The first-order valence-corrected chi connectivity index (χ1v) is 12.0. The molecule has 1 saturated heterocycles. The van der Waals surface area contributed by atoms with Gasteiger partial charge in [-0.2, -0.15) is 10.2 Å². The molecular formula is C27H33N5O. The monoisotopic (exact) mass is 443 g/mol. The first kappa shape index (κ1) is 23.2. The maximum atomic E-state index is 9.17. The minimum atomic E-state index is 0.565. The van der Waals surface area contributed by atoms with E-state index in [2.05, 4.69) is 45.1 Å². The number of aromatic nitrogens is 2. The van der Waals surface area contributed by atoms with Crippen LogP contribution in [0.25, 0.3) is 11.5 Å². The fourth-order valence-corrected chi connectivity index (χ4v) is 4.62. The average Bonchev–Trinajstić information content (AvgIpc) is 3.32. The van der Waals surface area contributed by atoms with E-state index in [4.69, 9.17) is 9.78 Å². The van der Waals surface area contributed by atoms with Crippen molar-refractivity contribution in [3.63, 3.8) is 0 Å². The molecule has 1 fully saturated rings. The second-order valence-corrected chi connectivity index (χ2v) is 8.93. The molecule has 172 valence electrons. The first-order valence-electron chi connectivity index (χ1n) is 12.0. The molecule has 33 heavy (non-hydrogen) atoms. The highest BCUT2D eigenvalue weighted by Gasteiger charge is 2.20. The van der Waals surface area contributed by atoms with Crippen LogP contribution in [0.3, 0.4) is 0 Å². The number of hydrogen-bond acceptors (Lipinski definition) is 6. The molecule has 1 aliphatic heterocycles. The third-order valence-corrected chi connectivity index (χ3v) is 6.68. The van der Waals surface area contributed by atoms with Crippen LogP contribution in [0.5, 0.6) is 0 Å². The van der Waals surface area contributed by atoms with Crippen molar-refractivity contribution in [1.82, 2.24) is 19.9 Å². The lowest BCUT2D eigenvalue weighted by molar-refractivity contribution is 0.122. The molecule has 0 bridgehead atoms. The Bertz CT molecular complexity index is 1060. The Morgan fingerprint density at radius 3 is 2.52 bits per heavy atom. The number of nitriles is 1. The molecule has 0 saturated carbocycles. The van der Waals surface area contributed by atoms with E-state index in [9.17, 15) is 0 Å². The Morgan fingerprint density at radius 1 is 1.06 bits per heavy atom. The van der Waals surface area contributed by atoms with Crippen molar-refractivity contribution in [2.45, 2.75) is 45.6 Å². The van der Waals surface area contributed by atoms with Gasteiger partial charge >= 0.3 is 0 Å². The number of benzene rings is 2. The highest BCUT2D eigenvalue weighted by atomic mass is 16.5. The predicted molar refractivity (Wildman–Crippen MR) is 130 cm³/mol. The van der Waals surface area contributed by atoms with Crippen molar-refractivity contribution in [2.75, 3.05) is 32.7 Å². The lowest BCUT2D eigenvalue weighted by atomic mass is 9.90. The van der Waals surface area contributed by atoms with Gasteiger partial charge in [0, 0.05) is 31.7 Å². The minimum Gasteiger partial charge on any atom is -0.334 e. The van der Waals surface area contributed by atoms with Crippen molar-refractivity contribution in [3.8, 4) is 17.5 Å². The van der Waals surface area contributed by atoms with Crippen LogP contribution in [0.15, 0.2) is 53.1 Å². The fourth-order valence-electron chi connectivity index (χ4n) is 4.62. The second kappa shape index (κ2) is 11.2. The van der Waals surface area contributed by atoms with Gasteiger partial charge < -0.3 is 9.42 Å². The van der Waals surface area contributed by atoms with Crippen LogP contribution in [0.4, 0.5) is 0 Å². The zero-order valence-electron chi connectivity index (χ0n) is 19.7. The normalized spacial score (nSPS) is 15.9. The maximum Gasteiger partial charge on any atom is 0.257 e. The van der Waals surface area contributed by atoms with Crippen LogP contribution in [0, 0.1) is 18.3 Å². The van der Waals surface area contributed by atoms with Crippen LogP contribution < -0.4 is 0 Å². The lowest BCUT2D eigenvalue weighted by Gasteiger charge is -2.34. The van der Waals surface area contributed by atoms with Gasteiger partial charge in [0.15, 0.2) is 5.82 Å². The quantitative estimate of drug-likeness (QED) is 0.463. The molecule has 1 aliphatic rings. The highest BCUT2D eigenvalue weighted by molar-refractivity contribution is 5.51. The molecule has 2 heterocycles. The summed E-state index contributed by atoms with van der Waals surface area (Å²) >= 11 is 0. The van der Waals surface area contributed by atoms with Crippen molar-refractivity contribution < 1.29 is 4.52 Å². The molecule has 0 N–H and O–H groups in total. The van der Waals surface area contributed by atoms with E-state index in [0.717, 1.165) is 68.2 Å². The van der Waals surface area contributed by atoms with E-state index in [1.54, 1.807) is 0 Å². The standard InChI is InChI=1S/C27H33N5O/c1-3-22(24-11-12-25(19-28)21(2)18-24)10-7-13-31-14-16-32(17-15-31)20-26-29-27(33-30-26)23-8-5-4-6-9-23/h4-6,8-9,11-12,18,22H,3,7,10,13-17,20H2,1-2H3. The Hall–Kier alpha value is -3.01. The zero-order chi connectivity index (χ0) is 23.0. The summed E-state index contributed by atoms with van der Waals surface area (Å²) in [7, 11) is 0. The number of hydrogen-bond donors (Lipinski definition) is 0. The third-order valence-electron chi connectivity index (χ3n) is 6.68. The molecule has 0 aliphatic carbocycles. The number of rotatable bonds is 9. The molecule has 6 heteroatoms. The summed E-state index contributed by atoms with van der Waals surface area (Å²) in [4.78, 5) is 9.54. The van der Waals surface area contributed by atoms with Gasteiger partial charge in [0.1, 0.15) is 0 Å². The third kappa shape index (κ3) is 6.07. The summed E-state index contributed by atoms with van der Waals surface area (Å²) in [6, 6.07) is 18.5. The average molecular weight is 444 g/mol. The zero-order valence-corrected chi connectivity index (χ0v) is 19.7. The van der Waals surface area contributed by atoms with Crippen molar-refractivity contribution in [2.24, 2.45) is 0 Å². The molecule has 1 aromatic heterocycles. The van der Waals surface area contributed by atoms with Crippen molar-refractivity contribution in [3.05, 3.63) is 71.0 Å². The van der Waals surface area contributed by atoms with E-state index in [1.807, 2.05) is 43.3 Å². The van der Waals surface area contributed by atoms with Gasteiger partial charge in [-0.05, 0) is 68.0 Å². The van der Waals surface area contributed by atoms with E-state index in [-0.39, 0.29) is 0 Å². The Kier molecular flexibility index (Phi) is 7.87. The van der Waals surface area contributed by atoms with E-state index >= 15 is 0 Å². The molecule has 4 rings (SSSR count). The first-order chi connectivity index (χ1) is 16.2. The predicted octanol–water partition coefficient (Wildman–Crippen LogP) is 5.01. The molecule has 0 spiro atoms. The largest absolute Gasteiger partial charge is 0.334 e.